The van der Waals surface area contributed by atoms with Gasteiger partial charge in [0.25, 0.3) is 0 Å². The summed E-state index contributed by atoms with van der Waals surface area (Å²) in [4.78, 5) is 91.5. The number of pyridine rings is 8. The molecule has 0 bridgehead atoms. The molecule has 0 unspecified atom stereocenters. The summed E-state index contributed by atoms with van der Waals surface area (Å²) in [6.07, 6.45) is 35.0. The van der Waals surface area contributed by atoms with E-state index in [1.54, 1.807) is 102 Å². The van der Waals surface area contributed by atoms with Gasteiger partial charge in [-0.05, 0) is 205 Å². The highest BCUT2D eigenvalue weighted by atomic mass is 32.1. The van der Waals surface area contributed by atoms with Gasteiger partial charge in [0.1, 0.15) is 39.3 Å². The van der Waals surface area contributed by atoms with Crippen molar-refractivity contribution in [3.63, 3.8) is 0 Å². The summed E-state index contributed by atoms with van der Waals surface area (Å²) in [6.45, 7) is 7.81. The molecule has 19 aromatic heterocycles. The van der Waals surface area contributed by atoms with Crippen LogP contribution < -0.4 is 21.7 Å². The number of hydrogen-bond donors (Lipinski definition) is 12. The number of carbonyl (C=O) groups excluding carboxylic acids is 2. The highest BCUT2D eigenvalue weighted by Crippen LogP contribution is 2.40. The van der Waals surface area contributed by atoms with Crippen LogP contribution in [-0.4, -0.2) is 139 Å². The molecule has 1 aliphatic rings. The number of aromatic nitrogens is 24. The van der Waals surface area contributed by atoms with Gasteiger partial charge in [0.05, 0.1) is 104 Å². The van der Waals surface area contributed by atoms with Crippen molar-refractivity contribution in [3.05, 3.63) is 258 Å². The minimum atomic E-state index is -0.0484. The van der Waals surface area contributed by atoms with Gasteiger partial charge < -0.3 is 41.6 Å². The van der Waals surface area contributed by atoms with Crippen molar-refractivity contribution in [2.24, 2.45) is 11.8 Å². The van der Waals surface area contributed by atoms with Crippen LogP contribution in [0, 0.1) is 11.8 Å². The summed E-state index contributed by atoms with van der Waals surface area (Å²) in [6, 6.07) is 40.7. The number of nitrogens with one attached hydrogen (secondary N) is 11. The fourth-order valence-corrected chi connectivity index (χ4v) is 18.6. The molecule has 2 amide bonds. The minimum Gasteiger partial charge on any atom is -0.397 e. The molecule has 33 heteroatoms. The number of aromatic amines is 8. The topological polar surface area (TPSA) is 429 Å². The summed E-state index contributed by atoms with van der Waals surface area (Å²) in [5.74, 6) is 3.84. The van der Waals surface area contributed by atoms with E-state index in [9.17, 15) is 9.59 Å². The van der Waals surface area contributed by atoms with Gasteiger partial charge >= 0.3 is 0 Å². The van der Waals surface area contributed by atoms with Crippen molar-refractivity contribution in [1.82, 2.24) is 126 Å². The maximum atomic E-state index is 12.2. The van der Waals surface area contributed by atoms with Gasteiger partial charge in [0.15, 0.2) is 23.3 Å². The average molecular weight is 1790 g/mol. The van der Waals surface area contributed by atoms with E-state index < -0.39 is 0 Å². The molecular formula is C99H82N28O2S3. The third-order valence-electron chi connectivity index (χ3n) is 23.2. The molecule has 24 rings (SSSR count). The SMILES string of the molecule is CC(C)CC(=O)Nc1cncc(-c2ccc3[nH]nc(-c4nc5c(-c6ccsc6)cncc5[nH]4)c3c2)c1.CCC(=O)Nc1cncc(-c2ccc3[nH]nc(-c4nc5c(-c6ccsc6)cncc5[nH]4)c3c2)c1.Nc1cncc(-c2ccc3[nH]nc(-c4nc5c(-c6ccsc6)cncc5[nH]4)c3c2)c1.c1cc2nc(-c3n[nH]c4ccc(-c5cncc(CNCC6CCCC6)c5)cc34)[nH]c2cn1. The maximum absolute atomic E-state index is 12.2. The molecule has 23 aromatic rings. The second-order valence-electron chi connectivity index (χ2n) is 32.7. The van der Waals surface area contributed by atoms with Crippen LogP contribution in [0.15, 0.2) is 253 Å². The fraction of sp³-hybridized carbons (Fsp3) is 0.131. The van der Waals surface area contributed by atoms with E-state index in [0.29, 0.717) is 53.3 Å². The van der Waals surface area contributed by atoms with Crippen LogP contribution in [0.3, 0.4) is 0 Å². The van der Waals surface area contributed by atoms with E-state index in [-0.39, 0.29) is 11.8 Å². The molecule has 0 atom stereocenters. The molecule has 1 saturated carbocycles. The van der Waals surface area contributed by atoms with Gasteiger partial charge in [0, 0.05) is 142 Å². The Morgan fingerprint density at radius 2 is 0.788 bits per heavy atom. The number of hydrogen-bond acceptors (Lipinski definition) is 23. The Morgan fingerprint density at radius 1 is 0.394 bits per heavy atom. The standard InChI is InChI=1S/C27H23N7OS.C25H19N7OS.C25H25N7.C22H15N7S/c1-15(2)7-24(35)30-19-8-18(10-28-11-19)16-3-4-22-20(9-16)26(34-33-22)27-31-23-13-29-12-21(25(23)32-27)17-5-6-36-14-17;1-2-22(33)28-17-7-16(9-26-10-17)14-3-4-20-18(8-14)24(32-31-20)25-29-21-12-27-11-19(23(21)30-25)15-5-6-34-13-15;1-2-4-16(3-1)11-27-12-17-9-19(14-28-13-17)18-5-6-21-20(10-18)24(32-31-21)25-29-22-7-8-26-15-23(22)30-25;23-15-5-14(7-24-8-15)12-1-2-18-16(6-12)21(29-28-18)22-26-19-10-25-9-17(20(19)27-22)13-3-4-30-11-13/h3-6,8-15H,7H2,1-2H3,(H,30,35)(H,31,32)(H,33,34);3-13H,2H2,1H3,(H,28,33)(H,29,30)(H,31,32);5-10,13-16,27H,1-4,11-12H2,(H,29,30)(H,31,32);1-11H,23H2,(H,26,27)(H,28,29). The lowest BCUT2D eigenvalue weighted by Crippen LogP contribution is -2.20. The summed E-state index contributed by atoms with van der Waals surface area (Å²) in [5.41, 5.74) is 37.0. The number of anilines is 3. The number of nitrogen functional groups attached to an aromatic ring is 1. The summed E-state index contributed by atoms with van der Waals surface area (Å²) < 4.78 is 0. The number of imidazole rings is 4. The first-order valence-corrected chi connectivity index (χ1v) is 45.9. The Morgan fingerprint density at radius 3 is 1.20 bits per heavy atom. The van der Waals surface area contributed by atoms with Crippen LogP contribution >= 0.6 is 34.0 Å². The predicted molar refractivity (Wildman–Crippen MR) is 524 cm³/mol. The number of amides is 2. The van der Waals surface area contributed by atoms with Gasteiger partial charge in [-0.25, -0.2) is 19.9 Å². The zero-order valence-electron chi connectivity index (χ0n) is 71.3. The maximum Gasteiger partial charge on any atom is 0.224 e. The molecule has 1 fully saturated rings. The van der Waals surface area contributed by atoms with Gasteiger partial charge in [0.2, 0.25) is 11.8 Å². The Kier molecular flexibility index (Phi) is 22.8. The quantitative estimate of drug-likeness (QED) is 0.0337. The Bertz CT molecular complexity index is 8100. The molecule has 648 valence electrons. The van der Waals surface area contributed by atoms with E-state index in [4.69, 9.17) is 20.7 Å². The van der Waals surface area contributed by atoms with Crippen LogP contribution in [0.25, 0.3) is 212 Å². The molecule has 13 N–H and O–H groups in total. The Labute approximate surface area is 763 Å². The Hall–Kier alpha value is -16.4. The summed E-state index contributed by atoms with van der Waals surface area (Å²) >= 11 is 4.94. The monoisotopic (exact) mass is 1790 g/mol. The number of nitrogens with zero attached hydrogens (tertiary/aromatic N) is 16. The second-order valence-corrected chi connectivity index (χ2v) is 35.0. The van der Waals surface area contributed by atoms with E-state index >= 15 is 0 Å². The largest absolute Gasteiger partial charge is 0.397 e. The van der Waals surface area contributed by atoms with Crippen molar-refractivity contribution in [2.45, 2.75) is 65.8 Å². The van der Waals surface area contributed by atoms with Crippen LogP contribution in [0.4, 0.5) is 17.1 Å². The number of thiophene rings is 3. The van der Waals surface area contributed by atoms with Gasteiger partial charge in [-0.1, -0.05) is 57.9 Å². The predicted octanol–water partition coefficient (Wildman–Crippen LogP) is 21.6. The molecule has 0 radical (unpaired) electrons. The zero-order chi connectivity index (χ0) is 89.1. The number of rotatable bonds is 20. The van der Waals surface area contributed by atoms with E-state index in [0.717, 1.165) is 213 Å². The average Bonchev–Trinajstić information content (AvgIpc) is 1.64. The summed E-state index contributed by atoms with van der Waals surface area (Å²) in [5, 5.41) is 56.3. The zero-order valence-corrected chi connectivity index (χ0v) is 73.8. The second kappa shape index (κ2) is 36.4. The molecule has 19 heterocycles. The first-order valence-electron chi connectivity index (χ1n) is 43.0. The van der Waals surface area contributed by atoms with Crippen molar-refractivity contribution in [2.75, 3.05) is 22.9 Å². The van der Waals surface area contributed by atoms with Crippen LogP contribution in [0.2, 0.25) is 0 Å². The minimum absolute atomic E-state index is 0.0160. The lowest BCUT2D eigenvalue weighted by atomic mass is 10.0. The van der Waals surface area contributed by atoms with Crippen LogP contribution in [0.5, 0.6) is 0 Å². The number of fused-ring (bicyclic) bond motifs is 8. The van der Waals surface area contributed by atoms with Gasteiger partial charge in [-0.2, -0.15) is 54.4 Å². The molecule has 30 nitrogen and oxygen atoms in total. The van der Waals surface area contributed by atoms with Crippen molar-refractivity contribution < 1.29 is 9.59 Å². The number of nitrogens with two attached hydrogens (primary N) is 1. The molecule has 0 spiro atoms. The van der Waals surface area contributed by atoms with E-state index in [1.807, 2.05) is 123 Å². The lowest BCUT2D eigenvalue weighted by molar-refractivity contribution is -0.117. The van der Waals surface area contributed by atoms with Crippen molar-refractivity contribution >= 4 is 151 Å². The molecular weight excluding hydrogens is 1710 g/mol. The molecule has 0 aliphatic heterocycles. The first-order chi connectivity index (χ1) is 64.8. The number of H-pyrrole nitrogens is 8. The normalized spacial score (nSPS) is 12.2. The number of carbonyl (C=O) groups is 2. The van der Waals surface area contributed by atoms with Gasteiger partial charge in [-0.3, -0.25) is 69.9 Å². The lowest BCUT2D eigenvalue weighted by Gasteiger charge is -2.11. The Balaban J connectivity index is 0.000000106. The van der Waals surface area contributed by atoms with Crippen LogP contribution in [0.1, 0.15) is 64.9 Å². The molecule has 4 aromatic carbocycles. The number of benzene rings is 4. The summed E-state index contributed by atoms with van der Waals surface area (Å²) in [7, 11) is 0. The first kappa shape index (κ1) is 82.6. The molecule has 1 aliphatic carbocycles. The van der Waals surface area contributed by atoms with E-state index in [2.05, 4.69) is 204 Å². The molecule has 0 saturated heterocycles. The van der Waals surface area contributed by atoms with E-state index in [1.165, 1.54) is 31.2 Å². The highest BCUT2D eigenvalue weighted by Gasteiger charge is 2.24. The third-order valence-corrected chi connectivity index (χ3v) is 25.2. The van der Waals surface area contributed by atoms with Crippen LogP contribution in [-0.2, 0) is 16.1 Å². The van der Waals surface area contributed by atoms with Gasteiger partial charge in [-0.15, -0.1) is 0 Å². The highest BCUT2D eigenvalue weighted by molar-refractivity contribution is 7.08. The van der Waals surface area contributed by atoms with Crippen molar-refractivity contribution in [3.8, 4) is 124 Å². The molecule has 132 heavy (non-hydrogen) atoms. The smallest absolute Gasteiger partial charge is 0.224 e. The van der Waals surface area contributed by atoms with Crippen molar-refractivity contribution in [1.29, 1.82) is 0 Å². The fourth-order valence-electron chi connectivity index (χ4n) is 16.6. The third kappa shape index (κ3) is 17.3.